The molecule has 21 heavy (non-hydrogen) atoms. The Labute approximate surface area is 125 Å². The molecule has 9 heteroatoms. The van der Waals surface area contributed by atoms with Gasteiger partial charge in [0, 0.05) is 6.26 Å². The van der Waals surface area contributed by atoms with Crippen LogP contribution in [-0.4, -0.2) is 28.4 Å². The molecular formula is C12H10ClF2NO4S. The SMILES string of the molecule is COc1cc(/C=C(/C#N)S(C)(=O)=O)cc(Cl)c1OC(F)F. The molecule has 0 N–H and O–H groups in total. The van der Waals surface area contributed by atoms with Crippen LogP contribution in [0.3, 0.4) is 0 Å². The summed E-state index contributed by atoms with van der Waals surface area (Å²) in [7, 11) is -2.50. The molecule has 0 aromatic heterocycles. The third-order valence-corrected chi connectivity index (χ3v) is 3.55. The summed E-state index contributed by atoms with van der Waals surface area (Å²) in [5, 5.41) is 8.60. The number of ether oxygens (including phenoxy) is 2. The van der Waals surface area contributed by atoms with Gasteiger partial charge in [0.1, 0.15) is 11.0 Å². The van der Waals surface area contributed by atoms with Crippen molar-refractivity contribution < 1.29 is 26.7 Å². The van der Waals surface area contributed by atoms with Crippen LogP contribution in [0.15, 0.2) is 17.0 Å². The van der Waals surface area contributed by atoms with Gasteiger partial charge in [0.15, 0.2) is 21.3 Å². The number of benzene rings is 1. The van der Waals surface area contributed by atoms with Crippen LogP contribution in [0.1, 0.15) is 5.56 Å². The molecule has 0 bridgehead atoms. The molecule has 0 radical (unpaired) electrons. The second kappa shape index (κ2) is 6.74. The van der Waals surface area contributed by atoms with Crippen LogP contribution in [0.4, 0.5) is 8.78 Å². The zero-order valence-electron chi connectivity index (χ0n) is 10.9. The maximum absolute atomic E-state index is 12.3. The molecule has 0 saturated heterocycles. The van der Waals surface area contributed by atoms with Gasteiger partial charge in [-0.3, -0.25) is 0 Å². The molecular weight excluding hydrogens is 328 g/mol. The van der Waals surface area contributed by atoms with E-state index in [4.69, 9.17) is 21.6 Å². The first-order valence-electron chi connectivity index (χ1n) is 5.33. The Kier molecular flexibility index (Phi) is 5.52. The van der Waals surface area contributed by atoms with Gasteiger partial charge in [-0.1, -0.05) is 11.6 Å². The molecule has 0 aliphatic rings. The van der Waals surface area contributed by atoms with Gasteiger partial charge in [0.2, 0.25) is 0 Å². The van der Waals surface area contributed by atoms with Crippen LogP contribution in [0.25, 0.3) is 6.08 Å². The molecule has 0 amide bonds. The molecule has 1 rings (SSSR count). The second-order valence-corrected chi connectivity index (χ2v) is 6.20. The number of nitrogens with zero attached hydrogens (tertiary/aromatic N) is 1. The Morgan fingerprint density at radius 1 is 1.48 bits per heavy atom. The van der Waals surface area contributed by atoms with Crippen LogP contribution < -0.4 is 9.47 Å². The van der Waals surface area contributed by atoms with E-state index < -0.39 is 21.4 Å². The predicted octanol–water partition coefficient (Wildman–Crippen LogP) is 2.86. The number of hydrogen-bond acceptors (Lipinski definition) is 5. The van der Waals surface area contributed by atoms with Gasteiger partial charge in [-0.25, -0.2) is 8.42 Å². The number of allylic oxidation sites excluding steroid dienone is 1. The zero-order chi connectivity index (χ0) is 16.2. The average molecular weight is 338 g/mol. The molecule has 0 heterocycles. The van der Waals surface area contributed by atoms with Crippen LogP contribution >= 0.6 is 11.6 Å². The van der Waals surface area contributed by atoms with E-state index in [1.807, 2.05) is 0 Å². The van der Waals surface area contributed by atoms with Gasteiger partial charge < -0.3 is 9.47 Å². The molecule has 0 aliphatic carbocycles. The summed E-state index contributed by atoms with van der Waals surface area (Å²) in [6, 6.07) is 3.95. The Morgan fingerprint density at radius 3 is 2.52 bits per heavy atom. The van der Waals surface area contributed by atoms with Gasteiger partial charge in [-0.2, -0.15) is 14.0 Å². The Balaban J connectivity index is 3.40. The molecule has 0 saturated carbocycles. The fourth-order valence-corrected chi connectivity index (χ4v) is 2.18. The van der Waals surface area contributed by atoms with Gasteiger partial charge >= 0.3 is 6.61 Å². The predicted molar refractivity (Wildman–Crippen MR) is 73.1 cm³/mol. The highest BCUT2D eigenvalue weighted by Gasteiger charge is 2.17. The number of sulfone groups is 1. The third kappa shape index (κ3) is 4.58. The minimum Gasteiger partial charge on any atom is -0.493 e. The molecule has 0 fully saturated rings. The van der Waals surface area contributed by atoms with Crippen molar-refractivity contribution in [1.82, 2.24) is 0 Å². The zero-order valence-corrected chi connectivity index (χ0v) is 12.5. The average Bonchev–Trinajstić information content (AvgIpc) is 2.36. The fraction of sp³-hybridized carbons (Fsp3) is 0.250. The molecule has 5 nitrogen and oxygen atoms in total. The molecule has 0 aliphatic heterocycles. The minimum absolute atomic E-state index is 0.111. The van der Waals surface area contributed by atoms with Crippen molar-refractivity contribution in [2.24, 2.45) is 0 Å². The molecule has 0 spiro atoms. The summed E-state index contributed by atoms with van der Waals surface area (Å²) in [5.74, 6) is -0.482. The van der Waals surface area contributed by atoms with E-state index in [2.05, 4.69) is 4.74 Å². The monoisotopic (exact) mass is 337 g/mol. The van der Waals surface area contributed by atoms with Crippen LogP contribution in [-0.2, 0) is 9.84 Å². The highest BCUT2D eigenvalue weighted by atomic mass is 35.5. The van der Waals surface area contributed by atoms with E-state index in [1.54, 1.807) is 0 Å². The lowest BCUT2D eigenvalue weighted by Gasteiger charge is -2.12. The fourth-order valence-electron chi connectivity index (χ4n) is 1.40. The standard InChI is InChI=1S/C12H10ClF2NO4S/c1-19-10-5-7(3-8(6-16)21(2,17)18)4-9(13)11(10)20-12(14)15/h3-5,12H,1-2H3/b8-3-. The number of methoxy groups -OCH3 is 1. The van der Waals surface area contributed by atoms with E-state index in [0.29, 0.717) is 0 Å². The smallest absolute Gasteiger partial charge is 0.387 e. The van der Waals surface area contributed by atoms with E-state index in [1.165, 1.54) is 25.3 Å². The van der Waals surface area contributed by atoms with E-state index in [0.717, 1.165) is 12.3 Å². The van der Waals surface area contributed by atoms with Crippen molar-refractivity contribution in [3.05, 3.63) is 27.6 Å². The molecule has 1 aromatic carbocycles. The maximum atomic E-state index is 12.3. The largest absolute Gasteiger partial charge is 0.493 e. The summed E-state index contributed by atoms with van der Waals surface area (Å²) >= 11 is 5.80. The molecule has 0 atom stereocenters. The van der Waals surface area contributed by atoms with Gasteiger partial charge in [0.25, 0.3) is 0 Å². The Morgan fingerprint density at radius 2 is 2.10 bits per heavy atom. The van der Waals surface area contributed by atoms with Crippen molar-refractivity contribution in [1.29, 1.82) is 5.26 Å². The lowest BCUT2D eigenvalue weighted by molar-refractivity contribution is -0.0511. The topological polar surface area (TPSA) is 76.4 Å². The van der Waals surface area contributed by atoms with Crippen molar-refractivity contribution in [3.8, 4) is 17.6 Å². The molecule has 0 unspecified atom stereocenters. The second-order valence-electron chi connectivity index (χ2n) is 3.81. The highest BCUT2D eigenvalue weighted by Crippen LogP contribution is 2.38. The number of hydrogen-bond donors (Lipinski definition) is 0. The third-order valence-electron chi connectivity index (χ3n) is 2.27. The number of alkyl halides is 2. The van der Waals surface area contributed by atoms with E-state index in [9.17, 15) is 17.2 Å². The van der Waals surface area contributed by atoms with Crippen LogP contribution in [0.5, 0.6) is 11.5 Å². The normalized spacial score (nSPS) is 12.1. The number of rotatable bonds is 5. The lowest BCUT2D eigenvalue weighted by Crippen LogP contribution is -2.04. The lowest BCUT2D eigenvalue weighted by atomic mass is 10.2. The molecule has 114 valence electrons. The quantitative estimate of drug-likeness (QED) is 0.772. The Hall–Kier alpha value is -1.85. The minimum atomic E-state index is -3.71. The summed E-state index contributed by atoms with van der Waals surface area (Å²) in [4.78, 5) is -0.497. The van der Waals surface area contributed by atoms with Crippen molar-refractivity contribution in [2.45, 2.75) is 6.61 Å². The summed E-state index contributed by atoms with van der Waals surface area (Å²) in [5.41, 5.74) is 0.195. The summed E-state index contributed by atoms with van der Waals surface area (Å²) in [6.45, 7) is -3.09. The first kappa shape index (κ1) is 17.2. The summed E-state index contributed by atoms with van der Waals surface area (Å²) in [6.07, 6.45) is 1.92. The van der Waals surface area contributed by atoms with Crippen LogP contribution in [0, 0.1) is 11.3 Å². The summed E-state index contributed by atoms with van der Waals surface area (Å²) < 4.78 is 56.3. The highest BCUT2D eigenvalue weighted by molar-refractivity contribution is 7.95. The van der Waals surface area contributed by atoms with Crippen LogP contribution in [0.2, 0.25) is 5.02 Å². The van der Waals surface area contributed by atoms with Crippen molar-refractivity contribution in [3.63, 3.8) is 0 Å². The first-order valence-corrected chi connectivity index (χ1v) is 7.60. The van der Waals surface area contributed by atoms with Crippen molar-refractivity contribution in [2.75, 3.05) is 13.4 Å². The Bertz CT molecular complexity index is 711. The van der Waals surface area contributed by atoms with Gasteiger partial charge in [-0.05, 0) is 23.8 Å². The van der Waals surface area contributed by atoms with Gasteiger partial charge in [0.05, 0.1) is 12.1 Å². The number of halogens is 3. The van der Waals surface area contributed by atoms with E-state index >= 15 is 0 Å². The first-order chi connectivity index (χ1) is 9.68. The maximum Gasteiger partial charge on any atom is 0.387 e. The number of nitriles is 1. The van der Waals surface area contributed by atoms with Crippen molar-refractivity contribution >= 4 is 27.5 Å². The van der Waals surface area contributed by atoms with Gasteiger partial charge in [-0.15, -0.1) is 0 Å². The van der Waals surface area contributed by atoms with E-state index in [-0.39, 0.29) is 22.1 Å². The molecule has 1 aromatic rings.